The van der Waals surface area contributed by atoms with E-state index in [2.05, 4.69) is 174 Å². The van der Waals surface area contributed by atoms with Crippen LogP contribution in [-0.4, -0.2) is 5.71 Å². The van der Waals surface area contributed by atoms with Crippen molar-refractivity contribution >= 4 is 61.5 Å². The molecule has 242 valence electrons. The van der Waals surface area contributed by atoms with Crippen molar-refractivity contribution in [1.82, 2.24) is 0 Å². The average Bonchev–Trinajstić information content (AvgIpc) is 3.17. The predicted molar refractivity (Wildman–Crippen MR) is 221 cm³/mol. The number of aryl methyl sites for hydroxylation is 1. The normalized spacial score (nSPS) is 12.3. The fraction of sp³-hybridized carbons (Fsp3) is 0.0816. The second-order valence-electron chi connectivity index (χ2n) is 12.9. The molecule has 50 heavy (non-hydrogen) atoms. The van der Waals surface area contributed by atoms with Crippen LogP contribution in [0.4, 0.5) is 0 Å². The minimum atomic E-state index is 0.727. The summed E-state index contributed by atoms with van der Waals surface area (Å²) in [6.07, 6.45) is 4.65. The highest BCUT2D eigenvalue weighted by molar-refractivity contribution is 6.27. The van der Waals surface area contributed by atoms with E-state index >= 15 is 0 Å². The van der Waals surface area contributed by atoms with Crippen LogP contribution < -0.4 is 0 Å². The van der Waals surface area contributed by atoms with Gasteiger partial charge in [-0.25, -0.2) is 4.99 Å². The molecule has 7 aromatic carbocycles. The van der Waals surface area contributed by atoms with Crippen LogP contribution in [0.3, 0.4) is 0 Å². The van der Waals surface area contributed by atoms with Crippen LogP contribution in [0.2, 0.25) is 0 Å². The molecule has 0 amide bonds. The van der Waals surface area contributed by atoms with Gasteiger partial charge < -0.3 is 0 Å². The number of hydrogen-bond acceptors (Lipinski definition) is 1. The zero-order valence-corrected chi connectivity index (χ0v) is 29.1. The van der Waals surface area contributed by atoms with Crippen LogP contribution >= 0.6 is 0 Å². The summed E-state index contributed by atoms with van der Waals surface area (Å²) in [5.41, 5.74) is 13.1. The summed E-state index contributed by atoms with van der Waals surface area (Å²) in [6, 6.07) is 47.7. The Kier molecular flexibility index (Phi) is 8.98. The molecule has 0 unspecified atom stereocenters. The van der Waals surface area contributed by atoms with E-state index in [0.29, 0.717) is 0 Å². The Balaban J connectivity index is 1.48. The van der Waals surface area contributed by atoms with E-state index in [1.807, 2.05) is 12.2 Å². The summed E-state index contributed by atoms with van der Waals surface area (Å²) >= 11 is 0. The molecule has 0 N–H and O–H groups in total. The molecule has 0 atom stereocenters. The highest BCUT2D eigenvalue weighted by Crippen LogP contribution is 2.37. The number of hydrogen-bond donors (Lipinski definition) is 0. The largest absolute Gasteiger partial charge is 0.248 e. The highest BCUT2D eigenvalue weighted by atomic mass is 14.8. The number of allylic oxidation sites excluding steroid dienone is 2. The SMILES string of the molecule is C=Cc1cc(/C(C)=C(CC)/C(=N\C(=C)c2ccc(-c3ccc(C)cc3)cc2)c2cc3ccccc3c3ccccc23)c2ccccc2c1C=C. The van der Waals surface area contributed by atoms with Crippen LogP contribution in [0.1, 0.15) is 53.6 Å². The molecular weight excluding hydrogens is 603 g/mol. The maximum absolute atomic E-state index is 5.49. The first-order valence-electron chi connectivity index (χ1n) is 17.3. The fourth-order valence-electron chi connectivity index (χ4n) is 7.24. The predicted octanol–water partition coefficient (Wildman–Crippen LogP) is 13.8. The molecule has 0 bridgehead atoms. The second kappa shape index (κ2) is 13.8. The molecule has 1 nitrogen and oxygen atoms in total. The number of benzene rings is 7. The molecule has 0 aromatic heterocycles. The third kappa shape index (κ3) is 5.93. The van der Waals surface area contributed by atoms with Gasteiger partial charge in [-0.3, -0.25) is 0 Å². The van der Waals surface area contributed by atoms with E-state index in [1.165, 1.54) is 60.3 Å². The first-order valence-corrected chi connectivity index (χ1v) is 17.3. The lowest BCUT2D eigenvalue weighted by Gasteiger charge is -2.20. The van der Waals surface area contributed by atoms with Crippen LogP contribution in [-0.2, 0) is 0 Å². The lowest BCUT2D eigenvalue weighted by Crippen LogP contribution is -2.09. The van der Waals surface area contributed by atoms with E-state index in [0.717, 1.165) is 45.5 Å². The Hall–Kier alpha value is -6.05. The molecule has 0 aliphatic heterocycles. The first kappa shape index (κ1) is 32.5. The van der Waals surface area contributed by atoms with E-state index in [-0.39, 0.29) is 0 Å². The quantitative estimate of drug-likeness (QED) is 0.110. The summed E-state index contributed by atoms with van der Waals surface area (Å²) in [6.45, 7) is 19.4. The Labute approximate surface area is 296 Å². The van der Waals surface area contributed by atoms with Crippen molar-refractivity contribution in [2.75, 3.05) is 0 Å². The molecule has 0 aliphatic carbocycles. The van der Waals surface area contributed by atoms with E-state index < -0.39 is 0 Å². The van der Waals surface area contributed by atoms with Crippen molar-refractivity contribution in [2.45, 2.75) is 27.2 Å². The molecule has 0 aliphatic rings. The van der Waals surface area contributed by atoms with Gasteiger partial charge in [-0.2, -0.15) is 0 Å². The lowest BCUT2D eigenvalue weighted by atomic mass is 9.85. The number of nitrogens with zero attached hydrogens (tertiary/aromatic N) is 1. The average molecular weight is 644 g/mol. The van der Waals surface area contributed by atoms with Crippen molar-refractivity contribution < 1.29 is 0 Å². The van der Waals surface area contributed by atoms with Gasteiger partial charge in [-0.15, -0.1) is 0 Å². The molecule has 7 rings (SSSR count). The molecule has 0 fully saturated rings. The summed E-state index contributed by atoms with van der Waals surface area (Å²) in [5.74, 6) is 0. The highest BCUT2D eigenvalue weighted by Gasteiger charge is 2.20. The van der Waals surface area contributed by atoms with Gasteiger partial charge in [0.25, 0.3) is 0 Å². The van der Waals surface area contributed by atoms with Crippen molar-refractivity contribution in [2.24, 2.45) is 4.99 Å². The van der Waals surface area contributed by atoms with E-state index in [4.69, 9.17) is 4.99 Å². The third-order valence-electron chi connectivity index (χ3n) is 9.91. The van der Waals surface area contributed by atoms with E-state index in [9.17, 15) is 0 Å². The van der Waals surface area contributed by atoms with Gasteiger partial charge in [-0.1, -0.05) is 166 Å². The molecule has 0 spiro atoms. The molecule has 0 saturated heterocycles. The third-order valence-corrected chi connectivity index (χ3v) is 9.91. The van der Waals surface area contributed by atoms with E-state index in [1.54, 1.807) is 0 Å². The van der Waals surface area contributed by atoms with Crippen molar-refractivity contribution in [3.05, 3.63) is 192 Å². The van der Waals surface area contributed by atoms with Gasteiger partial charge in [0.15, 0.2) is 0 Å². The standard InChI is InChI=1S/C49H41N/c1-7-35-30-47(45-20-14-12-18-43(45)41(35)9-3)33(5)40(8-2)49(48-31-39-16-10-11-17-42(39)44-19-13-15-21-46(44)48)50-34(6)36-26-28-38(29-27-36)37-24-22-32(4)23-25-37/h7,9-31H,1,3,6,8H2,2,4-5H3/b40-33+,50-49+. The second-order valence-corrected chi connectivity index (χ2v) is 12.9. The minimum absolute atomic E-state index is 0.727. The van der Waals surface area contributed by atoms with Crippen molar-refractivity contribution in [1.29, 1.82) is 0 Å². The lowest BCUT2D eigenvalue weighted by molar-refractivity contribution is 1.17. The number of aliphatic imine (C=N–C) groups is 1. The maximum atomic E-state index is 5.49. The summed E-state index contributed by atoms with van der Waals surface area (Å²) in [4.78, 5) is 5.49. The molecule has 0 radical (unpaired) electrons. The summed E-state index contributed by atoms with van der Waals surface area (Å²) < 4.78 is 0. The molecule has 7 aromatic rings. The Bertz CT molecular complexity index is 2500. The zero-order chi connectivity index (χ0) is 34.8. The topological polar surface area (TPSA) is 12.4 Å². The van der Waals surface area contributed by atoms with Gasteiger partial charge in [0.2, 0.25) is 0 Å². The molecule has 0 saturated carbocycles. The zero-order valence-electron chi connectivity index (χ0n) is 29.1. The fourth-order valence-corrected chi connectivity index (χ4v) is 7.24. The van der Waals surface area contributed by atoms with Crippen LogP contribution in [0.25, 0.3) is 66.9 Å². The smallest absolute Gasteiger partial charge is 0.0750 e. The maximum Gasteiger partial charge on any atom is 0.0750 e. The van der Waals surface area contributed by atoms with Gasteiger partial charge in [0.05, 0.1) is 11.4 Å². The van der Waals surface area contributed by atoms with Crippen molar-refractivity contribution in [3.63, 3.8) is 0 Å². The molecule has 0 heterocycles. The molecular formula is C49H41N. The van der Waals surface area contributed by atoms with Crippen LogP contribution in [0, 0.1) is 6.92 Å². The van der Waals surface area contributed by atoms with Crippen LogP contribution in [0.15, 0.2) is 164 Å². The number of rotatable bonds is 9. The van der Waals surface area contributed by atoms with Gasteiger partial charge in [0.1, 0.15) is 0 Å². The first-order chi connectivity index (χ1) is 24.4. The Morgan fingerprint density at radius 3 is 1.80 bits per heavy atom. The summed E-state index contributed by atoms with van der Waals surface area (Å²) in [7, 11) is 0. The van der Waals surface area contributed by atoms with Crippen LogP contribution in [0.5, 0.6) is 0 Å². The Morgan fingerprint density at radius 1 is 0.620 bits per heavy atom. The van der Waals surface area contributed by atoms with Gasteiger partial charge in [-0.05, 0) is 109 Å². The van der Waals surface area contributed by atoms with Crippen molar-refractivity contribution in [3.8, 4) is 11.1 Å². The summed E-state index contributed by atoms with van der Waals surface area (Å²) in [5, 5.41) is 7.15. The minimum Gasteiger partial charge on any atom is -0.248 e. The monoisotopic (exact) mass is 643 g/mol. The van der Waals surface area contributed by atoms with Gasteiger partial charge >= 0.3 is 0 Å². The Morgan fingerprint density at radius 2 is 1.18 bits per heavy atom. The van der Waals surface area contributed by atoms with Gasteiger partial charge in [0, 0.05) is 5.56 Å². The molecule has 1 heteroatoms. The number of fused-ring (bicyclic) bond motifs is 4.